The van der Waals surface area contributed by atoms with Crippen molar-refractivity contribution in [2.24, 2.45) is 0 Å². The molecular weight excluding hydrogens is 328 g/mol. The van der Waals surface area contributed by atoms with Crippen molar-refractivity contribution >= 4 is 0 Å². The van der Waals surface area contributed by atoms with Gasteiger partial charge in [0.05, 0.1) is 0 Å². The van der Waals surface area contributed by atoms with Gasteiger partial charge in [-0.15, -0.1) is 0 Å². The number of rotatable bonds is 19. The molecule has 0 radical (unpaired) electrons. The Morgan fingerprint density at radius 1 is 0.519 bits per heavy atom. The highest BCUT2D eigenvalue weighted by Crippen LogP contribution is 2.22. The minimum Gasteiger partial charge on any atom is -0.356 e. The van der Waals surface area contributed by atoms with Crippen molar-refractivity contribution in [1.82, 2.24) is 9.80 Å². The Morgan fingerprint density at radius 3 is 1.41 bits per heavy atom. The molecule has 1 aliphatic rings. The summed E-state index contributed by atoms with van der Waals surface area (Å²) >= 11 is 0. The van der Waals surface area contributed by atoms with E-state index in [1.165, 1.54) is 116 Å². The zero-order valence-corrected chi connectivity index (χ0v) is 19.1. The average Bonchev–Trinajstić information content (AvgIpc) is 3.07. The third-order valence-corrected chi connectivity index (χ3v) is 6.13. The summed E-state index contributed by atoms with van der Waals surface area (Å²) in [7, 11) is 0. The van der Waals surface area contributed by atoms with Gasteiger partial charge in [-0.2, -0.15) is 0 Å². The Labute approximate surface area is 171 Å². The fraction of sp³-hybridized carbons (Fsp3) is 0.920. The lowest BCUT2D eigenvalue weighted by Gasteiger charge is -2.32. The van der Waals surface area contributed by atoms with Crippen LogP contribution < -0.4 is 0 Å². The first-order chi connectivity index (χ1) is 13.3. The van der Waals surface area contributed by atoms with Crippen LogP contribution in [0.5, 0.6) is 0 Å². The predicted octanol–water partition coefficient (Wildman–Crippen LogP) is 8.09. The van der Waals surface area contributed by atoms with Crippen LogP contribution in [0.1, 0.15) is 130 Å². The highest BCUT2D eigenvalue weighted by atomic mass is 15.4. The molecule has 1 aliphatic heterocycles. The summed E-state index contributed by atoms with van der Waals surface area (Å²) in [6.45, 7) is 9.21. The van der Waals surface area contributed by atoms with Crippen molar-refractivity contribution in [1.29, 1.82) is 0 Å². The smallest absolute Gasteiger partial charge is 0.101 e. The summed E-state index contributed by atoms with van der Waals surface area (Å²) in [4.78, 5) is 5.06. The molecule has 2 heteroatoms. The molecule has 2 nitrogen and oxygen atoms in total. The van der Waals surface area contributed by atoms with Crippen LogP contribution in [0, 0.1) is 0 Å². The van der Waals surface area contributed by atoms with E-state index in [2.05, 4.69) is 43.0 Å². The van der Waals surface area contributed by atoms with Crippen molar-refractivity contribution in [3.05, 3.63) is 12.4 Å². The molecule has 0 spiro atoms. The van der Waals surface area contributed by atoms with Gasteiger partial charge in [0.15, 0.2) is 0 Å². The van der Waals surface area contributed by atoms with E-state index in [1.54, 1.807) is 0 Å². The summed E-state index contributed by atoms with van der Waals surface area (Å²) < 4.78 is 0. The molecule has 160 valence electrons. The molecule has 0 saturated carbocycles. The Bertz CT molecular complexity index is 339. The zero-order chi connectivity index (χ0) is 19.6. The van der Waals surface area contributed by atoms with Gasteiger partial charge in [0.1, 0.15) is 6.17 Å². The van der Waals surface area contributed by atoms with Crippen molar-refractivity contribution in [3.63, 3.8) is 0 Å². The molecule has 0 fully saturated rings. The molecule has 0 aromatic carbocycles. The molecule has 0 N–H and O–H groups in total. The lowest BCUT2D eigenvalue weighted by atomic mass is 10.0. The van der Waals surface area contributed by atoms with E-state index in [0.29, 0.717) is 6.17 Å². The van der Waals surface area contributed by atoms with Crippen LogP contribution in [0.25, 0.3) is 0 Å². The largest absolute Gasteiger partial charge is 0.356 e. The highest BCUT2D eigenvalue weighted by molar-refractivity contribution is 4.96. The van der Waals surface area contributed by atoms with E-state index in [4.69, 9.17) is 0 Å². The molecular formula is C25H50N2. The van der Waals surface area contributed by atoms with Gasteiger partial charge in [0, 0.05) is 25.5 Å². The van der Waals surface area contributed by atoms with Crippen molar-refractivity contribution in [2.75, 3.05) is 13.1 Å². The lowest BCUT2D eigenvalue weighted by molar-refractivity contribution is 0.144. The Morgan fingerprint density at radius 2 is 0.963 bits per heavy atom. The lowest BCUT2D eigenvalue weighted by Crippen LogP contribution is -2.38. The van der Waals surface area contributed by atoms with E-state index in [-0.39, 0.29) is 0 Å². The minimum absolute atomic E-state index is 0.636. The second-order valence-electron chi connectivity index (χ2n) is 8.59. The minimum atomic E-state index is 0.636. The maximum absolute atomic E-state index is 2.55. The van der Waals surface area contributed by atoms with Crippen LogP contribution >= 0.6 is 0 Å². The van der Waals surface area contributed by atoms with Gasteiger partial charge in [0.2, 0.25) is 0 Å². The fourth-order valence-corrected chi connectivity index (χ4v) is 4.39. The van der Waals surface area contributed by atoms with Gasteiger partial charge in [-0.3, -0.25) is 0 Å². The first kappa shape index (κ1) is 24.4. The number of hydrogen-bond acceptors (Lipinski definition) is 2. The normalized spacial score (nSPS) is 16.6. The Balaban J connectivity index is 1.86. The zero-order valence-electron chi connectivity index (χ0n) is 19.1. The SMILES string of the molecule is CCCCCCCCCCCCCCCCCC1N(CC)C=CN1CCC. The Hall–Kier alpha value is -0.660. The molecule has 0 aromatic heterocycles. The predicted molar refractivity (Wildman–Crippen MR) is 122 cm³/mol. The van der Waals surface area contributed by atoms with Crippen LogP contribution in [0.15, 0.2) is 12.4 Å². The third-order valence-electron chi connectivity index (χ3n) is 6.13. The van der Waals surface area contributed by atoms with Crippen LogP contribution in [0.2, 0.25) is 0 Å². The summed E-state index contributed by atoms with van der Waals surface area (Å²) in [5.41, 5.74) is 0. The van der Waals surface area contributed by atoms with Crippen molar-refractivity contribution in [2.45, 2.75) is 136 Å². The molecule has 1 atom stereocenters. The van der Waals surface area contributed by atoms with Crippen LogP contribution in [-0.2, 0) is 0 Å². The van der Waals surface area contributed by atoms with E-state index >= 15 is 0 Å². The molecule has 0 aliphatic carbocycles. The molecule has 0 aromatic rings. The van der Waals surface area contributed by atoms with Crippen molar-refractivity contribution < 1.29 is 0 Å². The second-order valence-corrected chi connectivity index (χ2v) is 8.59. The Kier molecular flexibility index (Phi) is 15.7. The molecule has 0 bridgehead atoms. The summed E-state index contributed by atoms with van der Waals surface area (Å²) in [6, 6.07) is 0. The molecule has 0 saturated heterocycles. The monoisotopic (exact) mass is 378 g/mol. The third kappa shape index (κ3) is 11.7. The molecule has 1 rings (SSSR count). The van der Waals surface area contributed by atoms with Crippen LogP contribution in [-0.4, -0.2) is 29.1 Å². The topological polar surface area (TPSA) is 6.48 Å². The molecule has 27 heavy (non-hydrogen) atoms. The first-order valence-electron chi connectivity index (χ1n) is 12.5. The van der Waals surface area contributed by atoms with E-state index in [0.717, 1.165) is 6.54 Å². The van der Waals surface area contributed by atoms with Gasteiger partial charge < -0.3 is 9.80 Å². The number of unbranched alkanes of at least 4 members (excludes halogenated alkanes) is 14. The fourth-order valence-electron chi connectivity index (χ4n) is 4.39. The van der Waals surface area contributed by atoms with Gasteiger partial charge in [0.25, 0.3) is 0 Å². The standard InChI is InChI=1S/C25H50N2/c1-4-7-8-9-10-11-12-13-14-15-16-17-18-19-20-21-25-26(6-3)23-24-27(25)22-5-2/h23-25H,4-22H2,1-3H3. The average molecular weight is 379 g/mol. The highest BCUT2D eigenvalue weighted by Gasteiger charge is 2.23. The maximum Gasteiger partial charge on any atom is 0.101 e. The number of nitrogens with zero attached hydrogens (tertiary/aromatic N) is 2. The number of hydrogen-bond donors (Lipinski definition) is 0. The van der Waals surface area contributed by atoms with E-state index in [1.807, 2.05) is 0 Å². The van der Waals surface area contributed by atoms with E-state index in [9.17, 15) is 0 Å². The molecule has 1 heterocycles. The van der Waals surface area contributed by atoms with Crippen LogP contribution in [0.3, 0.4) is 0 Å². The quantitative estimate of drug-likeness (QED) is 0.209. The van der Waals surface area contributed by atoms with Crippen molar-refractivity contribution in [3.8, 4) is 0 Å². The second kappa shape index (κ2) is 17.4. The molecule has 1 unspecified atom stereocenters. The first-order valence-corrected chi connectivity index (χ1v) is 12.5. The summed E-state index contributed by atoms with van der Waals surface area (Å²) in [6.07, 6.45) is 29.6. The van der Waals surface area contributed by atoms with Gasteiger partial charge in [-0.1, -0.05) is 104 Å². The van der Waals surface area contributed by atoms with Crippen LogP contribution in [0.4, 0.5) is 0 Å². The molecule has 0 amide bonds. The summed E-state index contributed by atoms with van der Waals surface area (Å²) in [5, 5.41) is 0. The van der Waals surface area contributed by atoms with Gasteiger partial charge in [-0.05, 0) is 26.2 Å². The maximum atomic E-state index is 2.55. The van der Waals surface area contributed by atoms with Gasteiger partial charge >= 0.3 is 0 Å². The van der Waals surface area contributed by atoms with E-state index < -0.39 is 0 Å². The van der Waals surface area contributed by atoms with Gasteiger partial charge in [-0.25, -0.2) is 0 Å². The summed E-state index contributed by atoms with van der Waals surface area (Å²) in [5.74, 6) is 0.